The Morgan fingerprint density at radius 1 is 1.50 bits per heavy atom. The van der Waals surface area contributed by atoms with Crippen LogP contribution in [-0.4, -0.2) is 20.5 Å². The number of nitrogen functional groups attached to an aromatic ring is 1. The first kappa shape index (κ1) is 10.9. The van der Waals surface area contributed by atoms with E-state index < -0.39 is 0 Å². The molecule has 1 aromatic heterocycles. The van der Waals surface area contributed by atoms with Crippen LogP contribution in [0.2, 0.25) is 0 Å². The first-order valence-corrected chi connectivity index (χ1v) is 5.38. The van der Waals surface area contributed by atoms with Crippen molar-refractivity contribution < 1.29 is 0 Å². The zero-order valence-corrected chi connectivity index (χ0v) is 9.43. The van der Waals surface area contributed by atoms with Crippen molar-refractivity contribution in [1.82, 2.24) is 14.8 Å². The minimum absolute atomic E-state index is 0.280. The topological polar surface area (TPSA) is 56.7 Å². The molecule has 2 N–H and O–H groups in total. The molecule has 0 aromatic carbocycles. The Bertz CT molecular complexity index is 359. The summed E-state index contributed by atoms with van der Waals surface area (Å²) >= 11 is 1.56. The average Bonchev–Trinajstić information content (AvgIpc) is 2.47. The lowest BCUT2D eigenvalue weighted by Gasteiger charge is -2.09. The fourth-order valence-electron chi connectivity index (χ4n) is 1.04. The molecule has 0 spiro atoms. The third-order valence-electron chi connectivity index (χ3n) is 1.66. The minimum Gasteiger partial charge on any atom is -0.368 e. The minimum atomic E-state index is 0.280. The van der Waals surface area contributed by atoms with E-state index in [-0.39, 0.29) is 6.04 Å². The highest BCUT2D eigenvalue weighted by Gasteiger charge is 2.11. The molecule has 0 bridgehead atoms. The van der Waals surface area contributed by atoms with Gasteiger partial charge in [-0.3, -0.25) is 4.57 Å². The number of nitrogens with two attached hydrogens (primary N) is 1. The Balaban J connectivity index is 2.79. The molecule has 1 aromatic rings. The summed E-state index contributed by atoms with van der Waals surface area (Å²) in [5.41, 5.74) is 5.69. The van der Waals surface area contributed by atoms with E-state index in [0.29, 0.717) is 5.95 Å². The van der Waals surface area contributed by atoms with Crippen molar-refractivity contribution in [1.29, 1.82) is 0 Å². The van der Waals surface area contributed by atoms with Crippen molar-refractivity contribution in [3.8, 4) is 11.8 Å². The van der Waals surface area contributed by atoms with Gasteiger partial charge in [-0.15, -0.1) is 16.1 Å². The second-order valence-corrected chi connectivity index (χ2v) is 3.96. The first-order chi connectivity index (χ1) is 6.66. The zero-order valence-electron chi connectivity index (χ0n) is 8.61. The van der Waals surface area contributed by atoms with Crippen LogP contribution in [0.3, 0.4) is 0 Å². The van der Waals surface area contributed by atoms with Gasteiger partial charge in [-0.1, -0.05) is 17.7 Å². The molecule has 0 saturated heterocycles. The lowest BCUT2D eigenvalue weighted by molar-refractivity contribution is 0.557. The van der Waals surface area contributed by atoms with Crippen molar-refractivity contribution >= 4 is 17.7 Å². The van der Waals surface area contributed by atoms with Gasteiger partial charge in [0.25, 0.3) is 0 Å². The zero-order chi connectivity index (χ0) is 10.6. The van der Waals surface area contributed by atoms with Crippen molar-refractivity contribution in [3.63, 3.8) is 0 Å². The van der Waals surface area contributed by atoms with E-state index in [0.717, 1.165) is 10.9 Å². The monoisotopic (exact) mass is 210 g/mol. The second-order valence-electron chi connectivity index (χ2n) is 3.02. The van der Waals surface area contributed by atoms with Gasteiger partial charge in [-0.2, -0.15) is 0 Å². The van der Waals surface area contributed by atoms with Crippen LogP contribution in [0, 0.1) is 11.8 Å². The average molecular weight is 210 g/mol. The van der Waals surface area contributed by atoms with E-state index in [9.17, 15) is 0 Å². The third-order valence-corrected chi connectivity index (χ3v) is 2.48. The van der Waals surface area contributed by atoms with Gasteiger partial charge >= 0.3 is 0 Å². The normalized spacial score (nSPS) is 10.0. The van der Waals surface area contributed by atoms with Crippen LogP contribution in [0.4, 0.5) is 5.95 Å². The number of aromatic nitrogens is 3. The fraction of sp³-hybridized carbons (Fsp3) is 0.556. The van der Waals surface area contributed by atoms with Crippen LogP contribution in [0.25, 0.3) is 0 Å². The number of anilines is 1. The molecule has 0 radical (unpaired) electrons. The second kappa shape index (κ2) is 4.91. The molecule has 0 fully saturated rings. The van der Waals surface area contributed by atoms with E-state index in [1.807, 2.05) is 11.5 Å². The number of thioether (sulfide) groups is 1. The maximum atomic E-state index is 5.69. The van der Waals surface area contributed by atoms with Crippen molar-refractivity contribution in [2.24, 2.45) is 0 Å². The lowest BCUT2D eigenvalue weighted by Crippen LogP contribution is -2.06. The molecular formula is C9H14N4S. The van der Waals surface area contributed by atoms with Crippen LogP contribution in [-0.2, 0) is 0 Å². The summed E-state index contributed by atoms with van der Waals surface area (Å²) in [6.07, 6.45) is 0. The van der Waals surface area contributed by atoms with Crippen LogP contribution < -0.4 is 5.73 Å². The SMILES string of the molecule is CC#CCSc1nnc(N)n1C(C)C. The van der Waals surface area contributed by atoms with Crippen molar-refractivity contribution in [2.45, 2.75) is 32.0 Å². The molecule has 0 amide bonds. The third kappa shape index (κ3) is 2.42. The standard InChI is InChI=1S/C9H14N4S/c1-4-5-6-14-9-12-11-8(10)13(9)7(2)3/h7H,6H2,1-3H3,(H2,10,11). The Hall–Kier alpha value is -1.15. The molecule has 0 atom stereocenters. The molecule has 14 heavy (non-hydrogen) atoms. The van der Waals surface area contributed by atoms with Gasteiger partial charge in [0.05, 0.1) is 5.75 Å². The smallest absolute Gasteiger partial charge is 0.222 e. The highest BCUT2D eigenvalue weighted by Crippen LogP contribution is 2.21. The van der Waals surface area contributed by atoms with Gasteiger partial charge in [0.15, 0.2) is 5.16 Å². The summed E-state index contributed by atoms with van der Waals surface area (Å²) in [7, 11) is 0. The Morgan fingerprint density at radius 3 is 2.79 bits per heavy atom. The Kier molecular flexibility index (Phi) is 3.84. The molecule has 76 valence electrons. The summed E-state index contributed by atoms with van der Waals surface area (Å²) in [4.78, 5) is 0. The summed E-state index contributed by atoms with van der Waals surface area (Å²) < 4.78 is 1.90. The molecule has 0 aliphatic carbocycles. The Labute approximate surface area is 88.3 Å². The largest absolute Gasteiger partial charge is 0.368 e. The number of rotatable bonds is 3. The van der Waals surface area contributed by atoms with E-state index in [1.165, 1.54) is 0 Å². The molecule has 5 heteroatoms. The van der Waals surface area contributed by atoms with E-state index >= 15 is 0 Å². The first-order valence-electron chi connectivity index (χ1n) is 4.39. The summed E-state index contributed by atoms with van der Waals surface area (Å²) in [5.74, 6) is 6.99. The van der Waals surface area contributed by atoms with Crippen molar-refractivity contribution in [3.05, 3.63) is 0 Å². The number of nitrogens with zero attached hydrogens (tertiary/aromatic N) is 3. The molecular weight excluding hydrogens is 196 g/mol. The van der Waals surface area contributed by atoms with E-state index in [4.69, 9.17) is 5.73 Å². The molecule has 1 rings (SSSR count). The molecule has 1 heterocycles. The molecule has 4 nitrogen and oxygen atoms in total. The number of hydrogen-bond donors (Lipinski definition) is 1. The van der Waals surface area contributed by atoms with Gasteiger partial charge in [0, 0.05) is 6.04 Å². The van der Waals surface area contributed by atoms with Crippen LogP contribution in [0.5, 0.6) is 0 Å². The maximum absolute atomic E-state index is 5.69. The van der Waals surface area contributed by atoms with Gasteiger partial charge in [-0.25, -0.2) is 0 Å². The summed E-state index contributed by atoms with van der Waals surface area (Å²) in [6.45, 7) is 5.92. The maximum Gasteiger partial charge on any atom is 0.222 e. The molecule has 0 saturated carbocycles. The van der Waals surface area contributed by atoms with Crippen LogP contribution in [0.15, 0.2) is 5.16 Å². The van der Waals surface area contributed by atoms with Gasteiger partial charge in [0.2, 0.25) is 5.95 Å². The highest BCUT2D eigenvalue weighted by atomic mass is 32.2. The highest BCUT2D eigenvalue weighted by molar-refractivity contribution is 7.99. The predicted octanol–water partition coefficient (Wildman–Crippen LogP) is 1.56. The summed E-state index contributed by atoms with van der Waals surface area (Å²) in [6, 6.07) is 0.280. The Morgan fingerprint density at radius 2 is 2.21 bits per heavy atom. The quantitative estimate of drug-likeness (QED) is 0.607. The van der Waals surface area contributed by atoms with Gasteiger partial charge < -0.3 is 5.73 Å². The van der Waals surface area contributed by atoms with E-state index in [2.05, 4.69) is 35.9 Å². The number of hydrogen-bond acceptors (Lipinski definition) is 4. The molecule has 0 aliphatic rings. The van der Waals surface area contributed by atoms with Gasteiger partial charge in [-0.05, 0) is 20.8 Å². The predicted molar refractivity (Wildman–Crippen MR) is 59.0 cm³/mol. The fourth-order valence-corrected chi connectivity index (χ4v) is 1.93. The van der Waals surface area contributed by atoms with Gasteiger partial charge in [0.1, 0.15) is 0 Å². The van der Waals surface area contributed by atoms with Crippen LogP contribution >= 0.6 is 11.8 Å². The van der Waals surface area contributed by atoms with E-state index in [1.54, 1.807) is 11.8 Å². The van der Waals surface area contributed by atoms with Crippen molar-refractivity contribution in [2.75, 3.05) is 11.5 Å². The van der Waals surface area contributed by atoms with Crippen LogP contribution in [0.1, 0.15) is 26.8 Å². The molecule has 0 aliphatic heterocycles. The lowest BCUT2D eigenvalue weighted by atomic mass is 10.4. The summed E-state index contributed by atoms with van der Waals surface area (Å²) in [5, 5.41) is 8.66. The molecule has 0 unspecified atom stereocenters.